The lowest BCUT2D eigenvalue weighted by Gasteiger charge is -2.32. The van der Waals surface area contributed by atoms with Gasteiger partial charge in [-0.25, -0.2) is 0 Å². The molecule has 13 heavy (non-hydrogen) atoms. The molecule has 0 bridgehead atoms. The maximum atomic E-state index is 8.63. The number of hydrogen-bond donors (Lipinski definition) is 2. The average Bonchev–Trinajstić information content (AvgIpc) is 1.99. The van der Waals surface area contributed by atoms with Gasteiger partial charge in [0, 0.05) is 12.6 Å². The van der Waals surface area contributed by atoms with Gasteiger partial charge in [-0.15, -0.1) is 12.4 Å². The van der Waals surface area contributed by atoms with Crippen molar-refractivity contribution in [3.05, 3.63) is 0 Å². The number of aliphatic hydroxyl groups is 1. The van der Waals surface area contributed by atoms with E-state index in [0.29, 0.717) is 24.8 Å². The van der Waals surface area contributed by atoms with Gasteiger partial charge in [0.1, 0.15) is 0 Å². The summed E-state index contributed by atoms with van der Waals surface area (Å²) in [5, 5.41) is 11.9. The summed E-state index contributed by atoms with van der Waals surface area (Å²) in [6.45, 7) is 5.12. The Balaban J connectivity index is 0.00000144. The van der Waals surface area contributed by atoms with E-state index in [1.165, 1.54) is 0 Å². The van der Waals surface area contributed by atoms with Crippen molar-refractivity contribution in [3.8, 4) is 0 Å². The minimum absolute atomic E-state index is 0. The number of aliphatic hydroxyl groups excluding tert-OH is 1. The third-order valence-electron chi connectivity index (χ3n) is 2.24. The van der Waals surface area contributed by atoms with Gasteiger partial charge < -0.3 is 15.2 Å². The van der Waals surface area contributed by atoms with E-state index in [-0.39, 0.29) is 19.0 Å². The summed E-state index contributed by atoms with van der Waals surface area (Å²) < 4.78 is 5.59. The van der Waals surface area contributed by atoms with Crippen LogP contribution in [0.4, 0.5) is 0 Å². The maximum Gasteiger partial charge on any atom is 0.0565 e. The summed E-state index contributed by atoms with van der Waals surface area (Å²) in [6.07, 6.45) is 2.82. The molecule has 2 atom stereocenters. The van der Waals surface area contributed by atoms with E-state index in [0.717, 1.165) is 12.8 Å². The molecule has 1 fully saturated rings. The first-order chi connectivity index (χ1) is 5.72. The third-order valence-corrected chi connectivity index (χ3v) is 2.24. The zero-order valence-electron chi connectivity index (χ0n) is 8.32. The fourth-order valence-electron chi connectivity index (χ4n) is 1.84. The van der Waals surface area contributed by atoms with Crippen molar-refractivity contribution in [2.75, 3.05) is 13.2 Å². The standard InChI is InChI=1S/C9H19NO2.ClH/c1-7-5-9(10-3-4-11)6-8(2)12-7;/h7-11H,3-6H2,1-2H3;1H. The average molecular weight is 210 g/mol. The van der Waals surface area contributed by atoms with Crippen LogP contribution in [0.3, 0.4) is 0 Å². The van der Waals surface area contributed by atoms with Crippen molar-refractivity contribution >= 4 is 12.4 Å². The number of halogens is 1. The maximum absolute atomic E-state index is 8.63. The van der Waals surface area contributed by atoms with Crippen LogP contribution in [0.5, 0.6) is 0 Å². The van der Waals surface area contributed by atoms with E-state index in [2.05, 4.69) is 19.2 Å². The quantitative estimate of drug-likeness (QED) is 0.727. The van der Waals surface area contributed by atoms with Gasteiger partial charge in [0.25, 0.3) is 0 Å². The SMILES string of the molecule is CC1CC(NCCO)CC(C)O1.Cl. The molecule has 1 heterocycles. The van der Waals surface area contributed by atoms with Crippen LogP contribution in [0.1, 0.15) is 26.7 Å². The normalized spacial score (nSPS) is 33.9. The van der Waals surface area contributed by atoms with Crippen LogP contribution in [0, 0.1) is 0 Å². The summed E-state index contributed by atoms with van der Waals surface area (Å²) in [4.78, 5) is 0. The molecule has 2 unspecified atom stereocenters. The Kier molecular flexibility index (Phi) is 6.68. The van der Waals surface area contributed by atoms with Gasteiger partial charge in [-0.1, -0.05) is 0 Å². The Morgan fingerprint density at radius 3 is 2.31 bits per heavy atom. The molecule has 0 aromatic heterocycles. The van der Waals surface area contributed by atoms with Crippen LogP contribution >= 0.6 is 12.4 Å². The highest BCUT2D eigenvalue weighted by Crippen LogP contribution is 2.18. The molecule has 80 valence electrons. The monoisotopic (exact) mass is 209 g/mol. The molecule has 0 radical (unpaired) electrons. The second-order valence-corrected chi connectivity index (χ2v) is 3.60. The molecule has 0 amide bonds. The van der Waals surface area contributed by atoms with Crippen molar-refractivity contribution in [2.24, 2.45) is 0 Å². The summed E-state index contributed by atoms with van der Waals surface area (Å²) in [7, 11) is 0. The molecule has 2 N–H and O–H groups in total. The first-order valence-electron chi connectivity index (χ1n) is 4.72. The Bertz CT molecular complexity index is 125. The van der Waals surface area contributed by atoms with Crippen LogP contribution in [-0.2, 0) is 4.74 Å². The van der Waals surface area contributed by atoms with Crippen LogP contribution in [0.15, 0.2) is 0 Å². The molecule has 0 spiro atoms. The first kappa shape index (κ1) is 13.2. The van der Waals surface area contributed by atoms with Gasteiger partial charge in [0.05, 0.1) is 18.8 Å². The second kappa shape index (κ2) is 6.60. The van der Waals surface area contributed by atoms with Crippen molar-refractivity contribution in [1.29, 1.82) is 0 Å². The zero-order chi connectivity index (χ0) is 8.97. The van der Waals surface area contributed by atoms with E-state index in [4.69, 9.17) is 9.84 Å². The smallest absolute Gasteiger partial charge is 0.0565 e. The Morgan fingerprint density at radius 1 is 1.31 bits per heavy atom. The largest absolute Gasteiger partial charge is 0.395 e. The number of nitrogens with one attached hydrogen (secondary N) is 1. The lowest BCUT2D eigenvalue weighted by molar-refractivity contribution is -0.0423. The summed E-state index contributed by atoms with van der Waals surface area (Å²) >= 11 is 0. The number of rotatable bonds is 3. The van der Waals surface area contributed by atoms with E-state index in [9.17, 15) is 0 Å². The fraction of sp³-hybridized carbons (Fsp3) is 1.00. The topological polar surface area (TPSA) is 41.5 Å². The highest BCUT2D eigenvalue weighted by atomic mass is 35.5. The van der Waals surface area contributed by atoms with Crippen molar-refractivity contribution in [3.63, 3.8) is 0 Å². The van der Waals surface area contributed by atoms with Crippen molar-refractivity contribution in [1.82, 2.24) is 5.32 Å². The van der Waals surface area contributed by atoms with Gasteiger partial charge in [0.15, 0.2) is 0 Å². The van der Waals surface area contributed by atoms with E-state index >= 15 is 0 Å². The highest BCUT2D eigenvalue weighted by molar-refractivity contribution is 5.85. The zero-order valence-corrected chi connectivity index (χ0v) is 9.14. The lowest BCUT2D eigenvalue weighted by Crippen LogP contribution is -2.42. The summed E-state index contributed by atoms with van der Waals surface area (Å²) in [6, 6.07) is 0.524. The summed E-state index contributed by atoms with van der Waals surface area (Å²) in [5.41, 5.74) is 0. The Morgan fingerprint density at radius 2 is 1.85 bits per heavy atom. The first-order valence-corrected chi connectivity index (χ1v) is 4.72. The lowest BCUT2D eigenvalue weighted by atomic mass is 10.00. The second-order valence-electron chi connectivity index (χ2n) is 3.60. The molecule has 1 rings (SSSR count). The molecular weight excluding hydrogens is 190 g/mol. The molecule has 1 saturated heterocycles. The number of hydrogen-bond acceptors (Lipinski definition) is 3. The molecule has 0 aliphatic carbocycles. The van der Waals surface area contributed by atoms with Crippen molar-refractivity contribution < 1.29 is 9.84 Å². The Labute approximate surface area is 86.3 Å². The molecule has 0 aromatic carbocycles. The molecule has 1 aliphatic heterocycles. The number of ether oxygens (including phenoxy) is 1. The highest BCUT2D eigenvalue weighted by Gasteiger charge is 2.23. The van der Waals surface area contributed by atoms with Gasteiger partial charge in [-0.2, -0.15) is 0 Å². The van der Waals surface area contributed by atoms with E-state index in [1.54, 1.807) is 0 Å². The molecule has 0 aromatic rings. The van der Waals surface area contributed by atoms with Gasteiger partial charge in [-0.05, 0) is 26.7 Å². The van der Waals surface area contributed by atoms with Crippen LogP contribution in [-0.4, -0.2) is 36.5 Å². The van der Waals surface area contributed by atoms with Gasteiger partial charge in [-0.3, -0.25) is 0 Å². The van der Waals surface area contributed by atoms with Crippen molar-refractivity contribution in [2.45, 2.75) is 44.9 Å². The van der Waals surface area contributed by atoms with E-state index < -0.39 is 0 Å². The van der Waals surface area contributed by atoms with Crippen LogP contribution in [0.2, 0.25) is 0 Å². The summed E-state index contributed by atoms with van der Waals surface area (Å²) in [5.74, 6) is 0. The Hall–Kier alpha value is 0.170. The third kappa shape index (κ3) is 4.81. The molecule has 0 saturated carbocycles. The van der Waals surface area contributed by atoms with Crippen LogP contribution < -0.4 is 5.32 Å². The van der Waals surface area contributed by atoms with E-state index in [1.807, 2.05) is 0 Å². The van der Waals surface area contributed by atoms with Crippen LogP contribution in [0.25, 0.3) is 0 Å². The minimum atomic E-state index is 0. The minimum Gasteiger partial charge on any atom is -0.395 e. The van der Waals surface area contributed by atoms with Gasteiger partial charge >= 0.3 is 0 Å². The predicted octanol–water partition coefficient (Wildman–Crippen LogP) is 0.946. The predicted molar refractivity (Wildman–Crippen MR) is 55.4 cm³/mol. The molecular formula is C9H20ClNO2. The van der Waals surface area contributed by atoms with Gasteiger partial charge in [0.2, 0.25) is 0 Å². The molecule has 1 aliphatic rings. The fourth-order valence-corrected chi connectivity index (χ4v) is 1.84. The molecule has 3 nitrogen and oxygen atoms in total. The molecule has 4 heteroatoms.